The van der Waals surface area contributed by atoms with Gasteiger partial charge in [0.2, 0.25) is 0 Å². The Kier molecular flexibility index (Phi) is 4.24. The van der Waals surface area contributed by atoms with Crippen LogP contribution in [0.3, 0.4) is 0 Å². The molecule has 1 aromatic carbocycles. The van der Waals surface area contributed by atoms with Gasteiger partial charge >= 0.3 is 0 Å². The summed E-state index contributed by atoms with van der Waals surface area (Å²) in [6.07, 6.45) is 6.84. The molecule has 1 aromatic rings. The van der Waals surface area contributed by atoms with E-state index in [1.54, 1.807) is 6.07 Å². The van der Waals surface area contributed by atoms with E-state index in [1.807, 2.05) is 11.8 Å². The molecule has 1 amide bonds. The van der Waals surface area contributed by atoms with Crippen LogP contribution in [-0.2, 0) is 0 Å². The number of nitrogens with one attached hydrogen (secondary N) is 1. The van der Waals surface area contributed by atoms with E-state index in [-0.39, 0.29) is 16.4 Å². The van der Waals surface area contributed by atoms with Crippen LogP contribution < -0.4 is 11.1 Å². The van der Waals surface area contributed by atoms with Gasteiger partial charge in [-0.2, -0.15) is 11.8 Å². The van der Waals surface area contributed by atoms with Gasteiger partial charge in [0.05, 0.1) is 5.56 Å². The molecule has 0 bridgehead atoms. The number of hydrogen-bond donors (Lipinski definition) is 3. The van der Waals surface area contributed by atoms with Gasteiger partial charge in [0, 0.05) is 17.0 Å². The standard InChI is InChI=1S/C14H20N2O2S/c1-19-14(6-2-3-7-14)9-16-13(18)11-8-10(17)4-5-12(11)15/h4-5,8,17H,2-3,6-7,9,15H2,1H3,(H,16,18). The molecule has 0 spiro atoms. The second-order valence-corrected chi connectivity index (χ2v) is 6.32. The Hall–Kier alpha value is -1.36. The molecule has 1 aliphatic carbocycles. The van der Waals surface area contributed by atoms with Crippen LogP contribution in [0.25, 0.3) is 0 Å². The fraction of sp³-hybridized carbons (Fsp3) is 0.500. The number of nitrogens with two attached hydrogens (primary N) is 1. The van der Waals surface area contributed by atoms with Crippen molar-refractivity contribution in [2.75, 3.05) is 18.5 Å². The number of phenols is 1. The molecule has 4 nitrogen and oxygen atoms in total. The summed E-state index contributed by atoms with van der Waals surface area (Å²) >= 11 is 1.83. The van der Waals surface area contributed by atoms with Crippen LogP contribution in [0.5, 0.6) is 5.75 Å². The zero-order valence-electron chi connectivity index (χ0n) is 11.1. The van der Waals surface area contributed by atoms with Crippen LogP contribution in [-0.4, -0.2) is 28.6 Å². The molecule has 0 radical (unpaired) electrons. The third kappa shape index (κ3) is 3.15. The molecule has 0 heterocycles. The van der Waals surface area contributed by atoms with Crippen molar-refractivity contribution in [2.45, 2.75) is 30.4 Å². The Morgan fingerprint density at radius 1 is 1.47 bits per heavy atom. The average Bonchev–Trinajstić information content (AvgIpc) is 2.88. The number of benzene rings is 1. The first-order valence-corrected chi connectivity index (χ1v) is 7.71. The van der Waals surface area contributed by atoms with Crippen LogP contribution in [0.2, 0.25) is 0 Å². The van der Waals surface area contributed by atoms with Crippen molar-refractivity contribution in [2.24, 2.45) is 0 Å². The molecule has 0 atom stereocenters. The van der Waals surface area contributed by atoms with Crippen LogP contribution in [0.15, 0.2) is 18.2 Å². The van der Waals surface area contributed by atoms with Crippen LogP contribution in [0, 0.1) is 0 Å². The Labute approximate surface area is 117 Å². The first-order valence-electron chi connectivity index (χ1n) is 6.48. The zero-order chi connectivity index (χ0) is 13.9. The van der Waals surface area contributed by atoms with Gasteiger partial charge in [-0.05, 0) is 37.3 Å². The van der Waals surface area contributed by atoms with Gasteiger partial charge in [0.15, 0.2) is 0 Å². The predicted molar refractivity (Wildman–Crippen MR) is 79.6 cm³/mol. The summed E-state index contributed by atoms with van der Waals surface area (Å²) in [5.41, 5.74) is 6.49. The number of anilines is 1. The summed E-state index contributed by atoms with van der Waals surface area (Å²) < 4.78 is 0.168. The van der Waals surface area contributed by atoms with Gasteiger partial charge in [-0.25, -0.2) is 0 Å². The molecular formula is C14H20N2O2S. The molecule has 0 saturated heterocycles. The second-order valence-electron chi connectivity index (χ2n) is 5.05. The Morgan fingerprint density at radius 2 is 2.16 bits per heavy atom. The van der Waals surface area contributed by atoms with E-state index >= 15 is 0 Å². The number of carbonyl (C=O) groups excluding carboxylic acids is 1. The fourth-order valence-corrected chi connectivity index (χ4v) is 3.46. The molecule has 0 aliphatic heterocycles. The summed E-state index contributed by atoms with van der Waals surface area (Å²) in [5, 5.41) is 12.4. The van der Waals surface area contributed by atoms with Gasteiger partial charge in [0.25, 0.3) is 5.91 Å². The van der Waals surface area contributed by atoms with Gasteiger partial charge < -0.3 is 16.2 Å². The maximum Gasteiger partial charge on any atom is 0.253 e. The number of phenolic OH excluding ortho intramolecular Hbond substituents is 1. The minimum Gasteiger partial charge on any atom is -0.508 e. The van der Waals surface area contributed by atoms with Crippen LogP contribution in [0.1, 0.15) is 36.0 Å². The van der Waals surface area contributed by atoms with E-state index in [0.29, 0.717) is 17.8 Å². The number of aromatic hydroxyl groups is 1. The maximum atomic E-state index is 12.1. The minimum atomic E-state index is -0.214. The molecule has 1 saturated carbocycles. The molecule has 0 unspecified atom stereocenters. The van der Waals surface area contributed by atoms with Crippen molar-refractivity contribution >= 4 is 23.4 Å². The molecular weight excluding hydrogens is 260 g/mol. The van der Waals surface area contributed by atoms with Crippen molar-refractivity contribution in [3.63, 3.8) is 0 Å². The van der Waals surface area contributed by atoms with Crippen molar-refractivity contribution in [1.29, 1.82) is 0 Å². The monoisotopic (exact) mass is 280 g/mol. The lowest BCUT2D eigenvalue weighted by atomic mass is 10.1. The van der Waals surface area contributed by atoms with E-state index in [1.165, 1.54) is 25.0 Å². The van der Waals surface area contributed by atoms with Crippen LogP contribution in [0.4, 0.5) is 5.69 Å². The molecule has 4 N–H and O–H groups in total. The second kappa shape index (κ2) is 5.74. The van der Waals surface area contributed by atoms with Crippen molar-refractivity contribution < 1.29 is 9.90 Å². The van der Waals surface area contributed by atoms with Gasteiger partial charge in [-0.1, -0.05) is 12.8 Å². The highest BCUT2D eigenvalue weighted by atomic mass is 32.2. The third-order valence-electron chi connectivity index (χ3n) is 3.80. The molecule has 2 rings (SSSR count). The highest BCUT2D eigenvalue weighted by Gasteiger charge is 2.33. The summed E-state index contributed by atoms with van der Waals surface area (Å²) in [6, 6.07) is 4.43. The Balaban J connectivity index is 2.03. The molecule has 1 aliphatic rings. The molecule has 19 heavy (non-hydrogen) atoms. The lowest BCUT2D eigenvalue weighted by Gasteiger charge is -2.27. The van der Waals surface area contributed by atoms with Crippen LogP contribution >= 0.6 is 11.8 Å². The summed E-state index contributed by atoms with van der Waals surface area (Å²) in [5.74, 6) is -0.159. The number of hydrogen-bond acceptors (Lipinski definition) is 4. The number of nitrogen functional groups attached to an aromatic ring is 1. The highest BCUT2D eigenvalue weighted by Crippen LogP contribution is 2.39. The normalized spacial score (nSPS) is 17.3. The SMILES string of the molecule is CSC1(CNC(=O)c2cc(O)ccc2N)CCCC1. The Morgan fingerprint density at radius 3 is 2.79 bits per heavy atom. The average molecular weight is 280 g/mol. The lowest BCUT2D eigenvalue weighted by molar-refractivity contribution is 0.0950. The first-order chi connectivity index (χ1) is 9.06. The zero-order valence-corrected chi connectivity index (χ0v) is 11.9. The van der Waals surface area contributed by atoms with Gasteiger partial charge in [-0.15, -0.1) is 0 Å². The van der Waals surface area contributed by atoms with E-state index in [9.17, 15) is 9.90 Å². The quantitative estimate of drug-likeness (QED) is 0.584. The third-order valence-corrected chi connectivity index (χ3v) is 5.22. The largest absolute Gasteiger partial charge is 0.508 e. The van der Waals surface area contributed by atoms with Crippen molar-refractivity contribution in [3.05, 3.63) is 23.8 Å². The number of thioether (sulfide) groups is 1. The summed E-state index contributed by atoms with van der Waals surface area (Å²) in [6.45, 7) is 0.655. The van der Waals surface area contributed by atoms with E-state index in [4.69, 9.17) is 5.73 Å². The predicted octanol–water partition coefficient (Wildman–Crippen LogP) is 2.38. The van der Waals surface area contributed by atoms with Gasteiger partial charge in [0.1, 0.15) is 5.75 Å². The summed E-state index contributed by atoms with van der Waals surface area (Å²) in [7, 11) is 0. The maximum absolute atomic E-state index is 12.1. The summed E-state index contributed by atoms with van der Waals surface area (Å²) in [4.78, 5) is 12.1. The van der Waals surface area contributed by atoms with E-state index < -0.39 is 0 Å². The Bertz CT molecular complexity index is 471. The smallest absolute Gasteiger partial charge is 0.253 e. The van der Waals surface area contributed by atoms with Crippen molar-refractivity contribution in [1.82, 2.24) is 5.32 Å². The molecule has 0 aromatic heterocycles. The first kappa shape index (κ1) is 14.1. The molecule has 104 valence electrons. The fourth-order valence-electron chi connectivity index (χ4n) is 2.55. The van der Waals surface area contributed by atoms with E-state index in [0.717, 1.165) is 12.8 Å². The number of carbonyl (C=O) groups is 1. The number of amides is 1. The molecule has 1 fully saturated rings. The topological polar surface area (TPSA) is 75.3 Å². The minimum absolute atomic E-state index is 0.0554. The lowest BCUT2D eigenvalue weighted by Crippen LogP contribution is -2.38. The highest BCUT2D eigenvalue weighted by molar-refractivity contribution is 8.00. The number of rotatable bonds is 4. The van der Waals surface area contributed by atoms with Crippen molar-refractivity contribution in [3.8, 4) is 5.75 Å². The van der Waals surface area contributed by atoms with Gasteiger partial charge in [-0.3, -0.25) is 4.79 Å². The molecule has 5 heteroatoms. The van der Waals surface area contributed by atoms with E-state index in [2.05, 4.69) is 11.6 Å².